The van der Waals surface area contributed by atoms with Crippen molar-refractivity contribution >= 4 is 5.90 Å². The van der Waals surface area contributed by atoms with Gasteiger partial charge in [0.05, 0.1) is 6.61 Å². The monoisotopic (exact) mass is 129 g/mol. The molecule has 0 spiro atoms. The molecule has 0 heterocycles. The van der Waals surface area contributed by atoms with E-state index in [1.807, 2.05) is 0 Å². The van der Waals surface area contributed by atoms with E-state index in [1.165, 1.54) is 0 Å². The lowest BCUT2D eigenvalue weighted by Gasteiger charge is -1.98. The zero-order valence-electron chi connectivity index (χ0n) is 5.50. The van der Waals surface area contributed by atoms with Crippen LogP contribution in [0.4, 0.5) is 0 Å². The van der Waals surface area contributed by atoms with E-state index in [0.717, 1.165) is 6.42 Å². The van der Waals surface area contributed by atoms with Gasteiger partial charge in [-0.1, -0.05) is 11.2 Å². The Kier molecular flexibility index (Phi) is 4.59. The third-order valence-corrected chi connectivity index (χ3v) is 0.774. The number of hydrogen-bond donors (Lipinski definition) is 1. The molecular weight excluding hydrogens is 118 g/mol. The fourth-order valence-electron chi connectivity index (χ4n) is 0.319. The molecule has 0 fully saturated rings. The average Bonchev–Trinajstić information content (AvgIpc) is 1.89. The van der Waals surface area contributed by atoms with Crippen LogP contribution in [0.2, 0.25) is 0 Å². The molecule has 9 heavy (non-hydrogen) atoms. The van der Waals surface area contributed by atoms with E-state index in [1.54, 1.807) is 13.0 Å². The van der Waals surface area contributed by atoms with Crippen LogP contribution < -0.4 is 0 Å². The number of ether oxygens (including phenoxy) is 1. The highest BCUT2D eigenvalue weighted by Crippen LogP contribution is 1.84. The summed E-state index contributed by atoms with van der Waals surface area (Å²) in [7, 11) is 0. The molecule has 0 radical (unpaired) electrons. The van der Waals surface area contributed by atoms with Crippen molar-refractivity contribution < 1.29 is 9.94 Å². The standard InChI is InChI=1S/C6H11NO2/c1-3-4-5-9-6(2)7-8/h3,8H,1,4-5H2,2H3. The quantitative estimate of drug-likeness (QED) is 0.156. The summed E-state index contributed by atoms with van der Waals surface area (Å²) in [6.45, 7) is 5.61. The van der Waals surface area contributed by atoms with Crippen molar-refractivity contribution in [1.82, 2.24) is 0 Å². The van der Waals surface area contributed by atoms with Gasteiger partial charge in [0.1, 0.15) is 0 Å². The lowest BCUT2D eigenvalue weighted by Crippen LogP contribution is -1.99. The predicted molar refractivity (Wildman–Crippen MR) is 35.7 cm³/mol. The highest BCUT2D eigenvalue weighted by Gasteiger charge is 1.86. The molecule has 0 saturated carbocycles. The number of rotatable bonds is 3. The molecule has 0 saturated heterocycles. The largest absolute Gasteiger partial charge is 0.479 e. The maximum atomic E-state index is 8.07. The van der Waals surface area contributed by atoms with Crippen molar-refractivity contribution in [3.63, 3.8) is 0 Å². The zero-order valence-corrected chi connectivity index (χ0v) is 5.50. The lowest BCUT2D eigenvalue weighted by molar-refractivity contribution is 0.256. The van der Waals surface area contributed by atoms with Crippen molar-refractivity contribution in [1.29, 1.82) is 0 Å². The average molecular weight is 129 g/mol. The van der Waals surface area contributed by atoms with Gasteiger partial charge in [-0.05, 0) is 6.42 Å². The summed E-state index contributed by atoms with van der Waals surface area (Å²) >= 11 is 0. The van der Waals surface area contributed by atoms with Crippen LogP contribution in [0.1, 0.15) is 13.3 Å². The molecule has 52 valence electrons. The highest BCUT2D eigenvalue weighted by molar-refractivity contribution is 5.72. The zero-order chi connectivity index (χ0) is 7.11. The van der Waals surface area contributed by atoms with Crippen LogP contribution in [0, 0.1) is 0 Å². The minimum atomic E-state index is 0.289. The van der Waals surface area contributed by atoms with Gasteiger partial charge in [-0.25, -0.2) is 0 Å². The van der Waals surface area contributed by atoms with Crippen molar-refractivity contribution in [3.05, 3.63) is 12.7 Å². The van der Waals surface area contributed by atoms with Gasteiger partial charge in [-0.15, -0.1) is 6.58 Å². The lowest BCUT2D eigenvalue weighted by atomic mass is 10.5. The summed E-state index contributed by atoms with van der Waals surface area (Å²) in [5.41, 5.74) is 0. The minimum absolute atomic E-state index is 0.289. The fraction of sp³-hybridized carbons (Fsp3) is 0.500. The van der Waals surface area contributed by atoms with E-state index >= 15 is 0 Å². The summed E-state index contributed by atoms with van der Waals surface area (Å²) in [6.07, 6.45) is 2.51. The molecule has 0 aliphatic heterocycles. The third-order valence-electron chi connectivity index (χ3n) is 0.774. The Labute approximate surface area is 54.6 Å². The highest BCUT2D eigenvalue weighted by atomic mass is 16.5. The Morgan fingerprint density at radius 1 is 1.89 bits per heavy atom. The second-order valence-corrected chi connectivity index (χ2v) is 1.54. The van der Waals surface area contributed by atoms with Gasteiger partial charge < -0.3 is 9.94 Å². The molecule has 0 aromatic heterocycles. The second-order valence-electron chi connectivity index (χ2n) is 1.54. The van der Waals surface area contributed by atoms with Crippen molar-refractivity contribution in [2.45, 2.75) is 13.3 Å². The van der Waals surface area contributed by atoms with Gasteiger partial charge in [0.2, 0.25) is 5.90 Å². The summed E-state index contributed by atoms with van der Waals surface area (Å²) in [5.74, 6) is 0.289. The van der Waals surface area contributed by atoms with Gasteiger partial charge in [-0.3, -0.25) is 0 Å². The van der Waals surface area contributed by atoms with Gasteiger partial charge in [0, 0.05) is 6.92 Å². The molecule has 0 bridgehead atoms. The summed E-state index contributed by atoms with van der Waals surface area (Å²) in [6, 6.07) is 0. The van der Waals surface area contributed by atoms with E-state index in [4.69, 9.17) is 9.94 Å². The van der Waals surface area contributed by atoms with Crippen LogP contribution in [0.3, 0.4) is 0 Å². The molecule has 3 heteroatoms. The molecule has 0 aromatic rings. The maximum absolute atomic E-state index is 8.07. The predicted octanol–water partition coefficient (Wildman–Crippen LogP) is 1.39. The molecule has 0 aliphatic rings. The molecule has 0 unspecified atom stereocenters. The van der Waals surface area contributed by atoms with Crippen molar-refractivity contribution in [3.8, 4) is 0 Å². The smallest absolute Gasteiger partial charge is 0.222 e. The van der Waals surface area contributed by atoms with E-state index in [2.05, 4.69) is 11.7 Å². The van der Waals surface area contributed by atoms with Crippen LogP contribution in [-0.4, -0.2) is 17.7 Å². The Balaban J connectivity index is 3.17. The molecular formula is C6H11NO2. The molecule has 0 atom stereocenters. The molecule has 0 amide bonds. The SMILES string of the molecule is C=CCCOC(C)=NO. The van der Waals surface area contributed by atoms with Crippen LogP contribution in [-0.2, 0) is 4.74 Å². The molecule has 0 aromatic carbocycles. The Morgan fingerprint density at radius 3 is 3.00 bits per heavy atom. The first kappa shape index (κ1) is 8.01. The fourth-order valence-corrected chi connectivity index (χ4v) is 0.319. The normalized spacial score (nSPS) is 11.0. The molecule has 3 nitrogen and oxygen atoms in total. The Bertz CT molecular complexity index is 110. The van der Waals surface area contributed by atoms with Crippen LogP contribution in [0.15, 0.2) is 17.8 Å². The van der Waals surface area contributed by atoms with E-state index < -0.39 is 0 Å². The molecule has 0 aliphatic carbocycles. The number of hydrogen-bond acceptors (Lipinski definition) is 3. The van der Waals surface area contributed by atoms with Crippen molar-refractivity contribution in [2.75, 3.05) is 6.61 Å². The summed E-state index contributed by atoms with van der Waals surface area (Å²) in [5, 5.41) is 10.9. The Hall–Kier alpha value is -0.990. The number of oxime groups is 1. The Morgan fingerprint density at radius 2 is 2.56 bits per heavy atom. The first-order valence-electron chi connectivity index (χ1n) is 2.73. The summed E-state index contributed by atoms with van der Waals surface area (Å²) < 4.78 is 4.86. The van der Waals surface area contributed by atoms with E-state index in [0.29, 0.717) is 6.61 Å². The minimum Gasteiger partial charge on any atom is -0.479 e. The van der Waals surface area contributed by atoms with Crippen LogP contribution in [0.25, 0.3) is 0 Å². The third kappa shape index (κ3) is 4.87. The van der Waals surface area contributed by atoms with Crippen LogP contribution >= 0.6 is 0 Å². The van der Waals surface area contributed by atoms with Crippen molar-refractivity contribution in [2.24, 2.45) is 5.16 Å². The number of nitrogens with zero attached hydrogens (tertiary/aromatic N) is 1. The molecule has 1 N–H and O–H groups in total. The van der Waals surface area contributed by atoms with E-state index in [-0.39, 0.29) is 5.90 Å². The van der Waals surface area contributed by atoms with Crippen LogP contribution in [0.5, 0.6) is 0 Å². The first-order valence-corrected chi connectivity index (χ1v) is 2.73. The summed E-state index contributed by atoms with van der Waals surface area (Å²) in [4.78, 5) is 0. The second kappa shape index (κ2) is 5.15. The maximum Gasteiger partial charge on any atom is 0.222 e. The van der Waals surface area contributed by atoms with Gasteiger partial charge in [-0.2, -0.15) is 0 Å². The molecule has 0 rings (SSSR count). The first-order chi connectivity index (χ1) is 4.31. The van der Waals surface area contributed by atoms with E-state index in [9.17, 15) is 0 Å². The van der Waals surface area contributed by atoms with Gasteiger partial charge >= 0.3 is 0 Å². The van der Waals surface area contributed by atoms with Gasteiger partial charge in [0.25, 0.3) is 0 Å². The van der Waals surface area contributed by atoms with Gasteiger partial charge in [0.15, 0.2) is 0 Å². The topological polar surface area (TPSA) is 41.8 Å².